The molecule has 2 N–H and O–H groups in total. The Balaban J connectivity index is 2.48. The second kappa shape index (κ2) is 3.53. The van der Waals surface area contributed by atoms with Gasteiger partial charge in [-0.2, -0.15) is 0 Å². The van der Waals surface area contributed by atoms with E-state index in [1.54, 1.807) is 0 Å². The van der Waals surface area contributed by atoms with Gasteiger partial charge in [-0.3, -0.25) is 0 Å². The molecule has 0 saturated heterocycles. The summed E-state index contributed by atoms with van der Waals surface area (Å²) in [6.07, 6.45) is 0. The van der Waals surface area contributed by atoms with Crippen molar-refractivity contribution in [2.45, 2.75) is 26.2 Å². The highest BCUT2D eigenvalue weighted by molar-refractivity contribution is 5.64. The zero-order valence-corrected chi connectivity index (χ0v) is 9.88. The van der Waals surface area contributed by atoms with Crippen molar-refractivity contribution in [2.75, 3.05) is 24.5 Å². The third kappa shape index (κ3) is 1.63. The molecule has 1 aliphatic heterocycles. The van der Waals surface area contributed by atoms with Crippen LogP contribution in [0.15, 0.2) is 18.2 Å². The Bertz CT molecular complexity index is 369. The van der Waals surface area contributed by atoms with Gasteiger partial charge >= 0.3 is 0 Å². The molecule has 0 fully saturated rings. The minimum atomic E-state index is 0.260. The fraction of sp³-hybridized carbons (Fsp3) is 0.538. The van der Waals surface area contributed by atoms with E-state index in [0.29, 0.717) is 0 Å². The van der Waals surface area contributed by atoms with Gasteiger partial charge in [-0.05, 0) is 24.1 Å². The minimum absolute atomic E-state index is 0.260. The molecule has 0 radical (unpaired) electrons. The first-order chi connectivity index (χ1) is 7.06. The molecule has 1 heterocycles. The first kappa shape index (κ1) is 10.5. The first-order valence-corrected chi connectivity index (χ1v) is 5.61. The topological polar surface area (TPSA) is 29.3 Å². The van der Waals surface area contributed by atoms with Gasteiger partial charge in [0.2, 0.25) is 0 Å². The Morgan fingerprint density at radius 3 is 2.80 bits per heavy atom. The Morgan fingerprint density at radius 2 is 2.13 bits per heavy atom. The van der Waals surface area contributed by atoms with E-state index >= 15 is 0 Å². The van der Waals surface area contributed by atoms with Gasteiger partial charge in [0.25, 0.3) is 0 Å². The van der Waals surface area contributed by atoms with Crippen LogP contribution in [0.2, 0.25) is 0 Å². The van der Waals surface area contributed by atoms with Crippen molar-refractivity contribution < 1.29 is 0 Å². The number of nitrogens with zero attached hydrogens (tertiary/aromatic N) is 1. The van der Waals surface area contributed by atoms with Gasteiger partial charge in [0.1, 0.15) is 0 Å². The Labute approximate surface area is 92.1 Å². The average molecular weight is 204 g/mol. The largest absolute Gasteiger partial charge is 0.369 e. The lowest BCUT2D eigenvalue weighted by Gasteiger charge is -2.21. The number of anilines is 1. The molecule has 0 saturated carbocycles. The molecule has 0 aliphatic carbocycles. The van der Waals surface area contributed by atoms with Gasteiger partial charge < -0.3 is 10.6 Å². The van der Waals surface area contributed by atoms with Gasteiger partial charge in [0.05, 0.1) is 0 Å². The maximum absolute atomic E-state index is 5.65. The Kier molecular flexibility index (Phi) is 2.47. The summed E-state index contributed by atoms with van der Waals surface area (Å²) in [6, 6.07) is 6.55. The zero-order chi connectivity index (χ0) is 11.1. The molecule has 2 nitrogen and oxygen atoms in total. The maximum Gasteiger partial charge on any atom is 0.0408 e. The lowest BCUT2D eigenvalue weighted by Crippen LogP contribution is -2.32. The first-order valence-electron chi connectivity index (χ1n) is 5.61. The van der Waals surface area contributed by atoms with Crippen LogP contribution in [0.5, 0.6) is 0 Å². The molecule has 2 heteroatoms. The average Bonchev–Trinajstić information content (AvgIpc) is 2.40. The van der Waals surface area contributed by atoms with E-state index < -0.39 is 0 Å². The van der Waals surface area contributed by atoms with Crippen LogP contribution in [0.1, 0.15) is 25.0 Å². The number of rotatable bonds is 2. The van der Waals surface area contributed by atoms with E-state index in [-0.39, 0.29) is 5.41 Å². The summed E-state index contributed by atoms with van der Waals surface area (Å²) in [5, 5.41) is 0. The maximum atomic E-state index is 5.65. The van der Waals surface area contributed by atoms with Crippen LogP contribution in [0.4, 0.5) is 5.69 Å². The third-order valence-corrected chi connectivity index (χ3v) is 3.25. The van der Waals surface area contributed by atoms with Crippen LogP contribution >= 0.6 is 0 Å². The summed E-state index contributed by atoms with van der Waals surface area (Å²) in [6.45, 7) is 9.60. The van der Waals surface area contributed by atoms with Gasteiger partial charge in [-0.25, -0.2) is 0 Å². The Morgan fingerprint density at radius 1 is 1.40 bits per heavy atom. The predicted octanol–water partition coefficient (Wildman–Crippen LogP) is 2.05. The van der Waals surface area contributed by atoms with E-state index in [1.165, 1.54) is 16.8 Å². The van der Waals surface area contributed by atoms with E-state index in [2.05, 4.69) is 43.9 Å². The summed E-state index contributed by atoms with van der Waals surface area (Å²) in [5.74, 6) is 0. The summed E-state index contributed by atoms with van der Waals surface area (Å²) in [5.41, 5.74) is 10.2. The van der Waals surface area contributed by atoms with Crippen molar-refractivity contribution in [2.24, 2.45) is 5.73 Å². The molecular formula is C13H20N2. The second-order valence-corrected chi connectivity index (χ2v) is 5.06. The molecule has 15 heavy (non-hydrogen) atoms. The normalized spacial score (nSPS) is 18.0. The predicted molar refractivity (Wildman–Crippen MR) is 65.5 cm³/mol. The molecule has 82 valence electrons. The van der Waals surface area contributed by atoms with E-state index in [1.807, 2.05) is 0 Å². The molecule has 0 amide bonds. The molecule has 0 atom stereocenters. The van der Waals surface area contributed by atoms with Crippen LogP contribution in [0, 0.1) is 6.92 Å². The van der Waals surface area contributed by atoms with Crippen molar-refractivity contribution in [3.8, 4) is 0 Å². The number of hydrogen-bond acceptors (Lipinski definition) is 2. The number of benzene rings is 1. The Hall–Kier alpha value is -1.02. The standard InChI is InChI=1S/C13H20N2/c1-10-5-4-6-11-12(10)13(2,3)9-15(11)8-7-14/h4-6H,7-9,14H2,1-3H3. The highest BCUT2D eigenvalue weighted by Crippen LogP contribution is 2.41. The van der Waals surface area contributed by atoms with Gasteiger partial charge in [-0.1, -0.05) is 26.0 Å². The molecule has 1 aromatic carbocycles. The fourth-order valence-electron chi connectivity index (χ4n) is 2.79. The molecule has 1 aromatic rings. The highest BCUT2D eigenvalue weighted by atomic mass is 15.2. The van der Waals surface area contributed by atoms with Crippen molar-refractivity contribution in [3.05, 3.63) is 29.3 Å². The van der Waals surface area contributed by atoms with E-state index in [9.17, 15) is 0 Å². The van der Waals surface area contributed by atoms with Crippen molar-refractivity contribution >= 4 is 5.69 Å². The minimum Gasteiger partial charge on any atom is -0.369 e. The summed E-state index contributed by atoms with van der Waals surface area (Å²) in [7, 11) is 0. The third-order valence-electron chi connectivity index (χ3n) is 3.25. The monoisotopic (exact) mass is 204 g/mol. The van der Waals surface area contributed by atoms with Crippen LogP contribution in [-0.2, 0) is 5.41 Å². The number of nitrogens with two attached hydrogens (primary N) is 1. The molecule has 0 aromatic heterocycles. The van der Waals surface area contributed by atoms with Gasteiger partial charge in [0.15, 0.2) is 0 Å². The van der Waals surface area contributed by atoms with Crippen LogP contribution in [0.3, 0.4) is 0 Å². The van der Waals surface area contributed by atoms with Gasteiger partial charge in [0, 0.05) is 30.7 Å². The van der Waals surface area contributed by atoms with E-state index in [4.69, 9.17) is 5.73 Å². The van der Waals surface area contributed by atoms with Crippen LogP contribution in [-0.4, -0.2) is 19.6 Å². The molecule has 0 unspecified atom stereocenters. The molecule has 1 aliphatic rings. The number of fused-ring (bicyclic) bond motifs is 1. The molecule has 0 bridgehead atoms. The smallest absolute Gasteiger partial charge is 0.0408 e. The number of hydrogen-bond donors (Lipinski definition) is 1. The summed E-state index contributed by atoms with van der Waals surface area (Å²) < 4.78 is 0. The van der Waals surface area contributed by atoms with E-state index in [0.717, 1.165) is 19.6 Å². The number of aryl methyl sites for hydroxylation is 1. The van der Waals surface area contributed by atoms with Crippen LogP contribution in [0.25, 0.3) is 0 Å². The van der Waals surface area contributed by atoms with Crippen LogP contribution < -0.4 is 10.6 Å². The fourth-order valence-corrected chi connectivity index (χ4v) is 2.79. The lowest BCUT2D eigenvalue weighted by atomic mass is 9.84. The van der Waals surface area contributed by atoms with Gasteiger partial charge in [-0.15, -0.1) is 0 Å². The molecular weight excluding hydrogens is 184 g/mol. The van der Waals surface area contributed by atoms with Crippen molar-refractivity contribution in [3.63, 3.8) is 0 Å². The lowest BCUT2D eigenvalue weighted by molar-refractivity contribution is 0.549. The molecule has 0 spiro atoms. The van der Waals surface area contributed by atoms with Crippen molar-refractivity contribution in [1.82, 2.24) is 0 Å². The zero-order valence-electron chi connectivity index (χ0n) is 9.88. The summed E-state index contributed by atoms with van der Waals surface area (Å²) in [4.78, 5) is 2.41. The van der Waals surface area contributed by atoms with Crippen molar-refractivity contribution in [1.29, 1.82) is 0 Å². The SMILES string of the molecule is Cc1cccc2c1C(C)(C)CN2CCN. The summed E-state index contributed by atoms with van der Waals surface area (Å²) >= 11 is 0. The highest BCUT2D eigenvalue weighted by Gasteiger charge is 2.35. The quantitative estimate of drug-likeness (QED) is 0.799. The second-order valence-electron chi connectivity index (χ2n) is 5.06. The molecule has 2 rings (SSSR count).